The summed E-state index contributed by atoms with van der Waals surface area (Å²) in [5.41, 5.74) is 5.89. The molecule has 0 saturated heterocycles. The van der Waals surface area contributed by atoms with Crippen molar-refractivity contribution in [2.75, 3.05) is 12.3 Å². The molecule has 92 valence electrons. The van der Waals surface area contributed by atoms with Crippen LogP contribution in [0.3, 0.4) is 0 Å². The Morgan fingerprint density at radius 3 is 2.78 bits per heavy atom. The lowest BCUT2D eigenvalue weighted by Crippen LogP contribution is -2.14. The number of halogens is 1. The summed E-state index contributed by atoms with van der Waals surface area (Å²) in [5.74, 6) is 0.520. The fourth-order valence-corrected chi connectivity index (χ4v) is 1.57. The van der Waals surface area contributed by atoms with Crippen molar-refractivity contribution in [3.8, 4) is 5.75 Å². The van der Waals surface area contributed by atoms with Gasteiger partial charge in [0.1, 0.15) is 11.6 Å². The normalized spacial score (nSPS) is 10.1. The number of para-hydroxylation sites is 1. The first-order valence-corrected chi connectivity index (χ1v) is 5.66. The molecule has 0 saturated carbocycles. The van der Waals surface area contributed by atoms with Crippen LogP contribution < -0.4 is 10.5 Å². The highest BCUT2D eigenvalue weighted by atomic mass is 35.5. The van der Waals surface area contributed by atoms with Gasteiger partial charge in [-0.3, -0.25) is 4.79 Å². The largest absolute Gasteiger partial charge is 0.485 e. The molecule has 2 rings (SSSR count). The quantitative estimate of drug-likeness (QED) is 0.860. The van der Waals surface area contributed by atoms with Crippen LogP contribution in [0.15, 0.2) is 42.6 Å². The molecule has 0 amide bonds. The van der Waals surface area contributed by atoms with E-state index in [0.717, 1.165) is 0 Å². The molecule has 1 aromatic heterocycles. The molecular formula is C13H11ClN2O2. The maximum Gasteiger partial charge on any atom is 0.203 e. The van der Waals surface area contributed by atoms with Crippen molar-refractivity contribution >= 4 is 23.2 Å². The van der Waals surface area contributed by atoms with Crippen LogP contribution in [0, 0.1) is 0 Å². The predicted octanol–water partition coefficient (Wildman–Crippen LogP) is 2.58. The Bertz CT molecular complexity index is 558. The minimum absolute atomic E-state index is 0.101. The monoisotopic (exact) mass is 262 g/mol. The Balaban J connectivity index is 2.06. The number of rotatable bonds is 4. The number of carbonyl (C=O) groups excluding carboxylic acids is 1. The first-order chi connectivity index (χ1) is 8.66. The molecule has 0 aliphatic heterocycles. The second-order valence-electron chi connectivity index (χ2n) is 3.61. The Morgan fingerprint density at radius 2 is 2.06 bits per heavy atom. The van der Waals surface area contributed by atoms with Gasteiger partial charge in [0.2, 0.25) is 5.78 Å². The number of nitrogens with two attached hydrogens (primary N) is 1. The van der Waals surface area contributed by atoms with Crippen LogP contribution in [-0.4, -0.2) is 17.4 Å². The molecule has 5 heteroatoms. The average Bonchev–Trinajstić information content (AvgIpc) is 2.40. The van der Waals surface area contributed by atoms with E-state index in [4.69, 9.17) is 22.1 Å². The van der Waals surface area contributed by atoms with Gasteiger partial charge in [0.15, 0.2) is 6.61 Å². The molecule has 0 aliphatic carbocycles. The summed E-state index contributed by atoms with van der Waals surface area (Å²) < 4.78 is 5.34. The van der Waals surface area contributed by atoms with Gasteiger partial charge < -0.3 is 10.5 Å². The van der Waals surface area contributed by atoms with Gasteiger partial charge in [0.25, 0.3) is 0 Å². The van der Waals surface area contributed by atoms with E-state index in [9.17, 15) is 4.79 Å². The van der Waals surface area contributed by atoms with Crippen LogP contribution in [0.5, 0.6) is 5.75 Å². The Morgan fingerprint density at radius 1 is 1.33 bits per heavy atom. The van der Waals surface area contributed by atoms with Crippen LogP contribution >= 0.6 is 11.6 Å². The van der Waals surface area contributed by atoms with Crippen LogP contribution in [0.25, 0.3) is 0 Å². The number of benzene rings is 1. The van der Waals surface area contributed by atoms with E-state index in [0.29, 0.717) is 10.8 Å². The van der Waals surface area contributed by atoms with Gasteiger partial charge in [-0.1, -0.05) is 29.8 Å². The molecule has 0 unspecified atom stereocenters. The van der Waals surface area contributed by atoms with Crippen LogP contribution in [0.4, 0.5) is 5.82 Å². The van der Waals surface area contributed by atoms with Crippen LogP contribution in [-0.2, 0) is 0 Å². The number of pyridine rings is 1. The number of ether oxygens (including phenoxy) is 1. The van der Waals surface area contributed by atoms with Crippen LogP contribution in [0.1, 0.15) is 10.4 Å². The number of nitrogens with zero attached hydrogens (tertiary/aromatic N) is 1. The number of ketones is 1. The van der Waals surface area contributed by atoms with E-state index in [1.165, 1.54) is 12.3 Å². The van der Waals surface area contributed by atoms with Crippen molar-refractivity contribution < 1.29 is 9.53 Å². The number of hydrogen-bond donors (Lipinski definition) is 1. The Labute approximate surface area is 109 Å². The molecule has 0 aliphatic rings. The van der Waals surface area contributed by atoms with Crippen molar-refractivity contribution in [1.29, 1.82) is 0 Å². The minimum Gasteiger partial charge on any atom is -0.485 e. The van der Waals surface area contributed by atoms with Crippen molar-refractivity contribution in [2.24, 2.45) is 0 Å². The number of anilines is 1. The van der Waals surface area contributed by atoms with Gasteiger partial charge >= 0.3 is 0 Å². The molecule has 18 heavy (non-hydrogen) atoms. The molecule has 2 N–H and O–H groups in total. The number of hydrogen-bond acceptors (Lipinski definition) is 4. The van der Waals surface area contributed by atoms with Gasteiger partial charge in [-0.05, 0) is 18.2 Å². The third-order valence-electron chi connectivity index (χ3n) is 2.30. The van der Waals surface area contributed by atoms with Gasteiger partial charge in [-0.15, -0.1) is 0 Å². The lowest BCUT2D eigenvalue weighted by Gasteiger charge is -2.06. The lowest BCUT2D eigenvalue weighted by molar-refractivity contribution is 0.0922. The average molecular weight is 263 g/mol. The number of Topliss-reactive ketones (excluding diaryl/α,β-unsaturated/α-hetero) is 1. The summed E-state index contributed by atoms with van der Waals surface area (Å²) in [6.07, 6.45) is 1.39. The van der Waals surface area contributed by atoms with Crippen molar-refractivity contribution in [1.82, 2.24) is 4.98 Å². The first kappa shape index (κ1) is 12.4. The van der Waals surface area contributed by atoms with E-state index >= 15 is 0 Å². The van der Waals surface area contributed by atoms with Crippen LogP contribution in [0.2, 0.25) is 5.02 Å². The van der Waals surface area contributed by atoms with Crippen molar-refractivity contribution in [3.05, 3.63) is 53.2 Å². The molecule has 1 aromatic carbocycles. The fraction of sp³-hybridized carbons (Fsp3) is 0.0769. The molecule has 0 bridgehead atoms. The molecule has 0 radical (unpaired) electrons. The van der Waals surface area contributed by atoms with Crippen molar-refractivity contribution in [3.63, 3.8) is 0 Å². The Kier molecular flexibility index (Phi) is 3.79. The predicted molar refractivity (Wildman–Crippen MR) is 69.9 cm³/mol. The molecule has 0 spiro atoms. The zero-order valence-electron chi connectivity index (χ0n) is 9.47. The fourth-order valence-electron chi connectivity index (χ4n) is 1.42. The molecule has 0 atom stereocenters. The second kappa shape index (κ2) is 5.51. The first-order valence-electron chi connectivity index (χ1n) is 5.29. The van der Waals surface area contributed by atoms with E-state index in [-0.39, 0.29) is 23.8 Å². The topological polar surface area (TPSA) is 65.2 Å². The lowest BCUT2D eigenvalue weighted by atomic mass is 10.2. The van der Waals surface area contributed by atoms with E-state index in [2.05, 4.69) is 4.98 Å². The highest BCUT2D eigenvalue weighted by molar-refractivity contribution is 6.31. The van der Waals surface area contributed by atoms with Gasteiger partial charge in [0, 0.05) is 6.20 Å². The zero-order chi connectivity index (χ0) is 13.0. The summed E-state index contributed by atoms with van der Waals surface area (Å²) >= 11 is 5.77. The summed E-state index contributed by atoms with van der Waals surface area (Å²) in [4.78, 5) is 15.7. The highest BCUT2D eigenvalue weighted by Crippen LogP contribution is 2.16. The number of nitrogen functional groups attached to an aromatic ring is 1. The number of carbonyl (C=O) groups is 1. The minimum atomic E-state index is -0.258. The molecular weight excluding hydrogens is 252 g/mol. The highest BCUT2D eigenvalue weighted by Gasteiger charge is 2.12. The van der Waals surface area contributed by atoms with E-state index < -0.39 is 0 Å². The Hall–Kier alpha value is -2.07. The summed E-state index contributed by atoms with van der Waals surface area (Å²) in [6, 6.07) is 10.6. The third-order valence-corrected chi connectivity index (χ3v) is 2.51. The molecule has 0 fully saturated rings. The van der Waals surface area contributed by atoms with Gasteiger partial charge in [-0.25, -0.2) is 4.98 Å². The second-order valence-corrected chi connectivity index (χ2v) is 4.05. The molecule has 1 heterocycles. The van der Waals surface area contributed by atoms with Crippen molar-refractivity contribution in [2.45, 2.75) is 0 Å². The maximum absolute atomic E-state index is 11.9. The number of aromatic nitrogens is 1. The summed E-state index contributed by atoms with van der Waals surface area (Å²) in [6.45, 7) is -0.101. The smallest absolute Gasteiger partial charge is 0.203 e. The third kappa shape index (κ3) is 2.99. The maximum atomic E-state index is 11.9. The standard InChI is InChI=1S/C13H11ClN2O2/c14-9-6-11(13(15)16-7-9)12(17)8-18-10-4-2-1-3-5-10/h1-7H,8H2,(H2,15,16). The molecule has 2 aromatic rings. The van der Waals surface area contributed by atoms with Gasteiger partial charge in [0.05, 0.1) is 10.6 Å². The SMILES string of the molecule is Nc1ncc(Cl)cc1C(=O)COc1ccccc1. The summed E-state index contributed by atoms with van der Waals surface area (Å²) in [5, 5.41) is 0.368. The van der Waals surface area contributed by atoms with E-state index in [1.807, 2.05) is 18.2 Å². The zero-order valence-corrected chi connectivity index (χ0v) is 10.2. The van der Waals surface area contributed by atoms with E-state index in [1.54, 1.807) is 12.1 Å². The molecule has 4 nitrogen and oxygen atoms in total. The van der Waals surface area contributed by atoms with Gasteiger partial charge in [-0.2, -0.15) is 0 Å². The summed E-state index contributed by atoms with van der Waals surface area (Å²) in [7, 11) is 0.